The second-order valence-electron chi connectivity index (χ2n) is 5.62. The molecule has 0 saturated heterocycles. The van der Waals surface area contributed by atoms with Crippen LogP contribution in [-0.2, 0) is 6.42 Å². The van der Waals surface area contributed by atoms with Gasteiger partial charge >= 0.3 is 0 Å². The third-order valence-electron chi connectivity index (χ3n) is 3.79. The Kier molecular flexibility index (Phi) is 3.66. The van der Waals surface area contributed by atoms with E-state index in [2.05, 4.69) is 54.3 Å². The highest BCUT2D eigenvalue weighted by Crippen LogP contribution is 2.35. The van der Waals surface area contributed by atoms with Gasteiger partial charge in [0.15, 0.2) is 0 Å². The van der Waals surface area contributed by atoms with Crippen LogP contribution in [0.15, 0.2) is 54.4 Å². The minimum absolute atomic E-state index is 1.01. The van der Waals surface area contributed by atoms with Crippen molar-refractivity contribution in [2.75, 3.05) is 20.6 Å². The Morgan fingerprint density at radius 1 is 1.05 bits per heavy atom. The van der Waals surface area contributed by atoms with Crippen LogP contribution < -0.4 is 0 Å². The molecule has 1 aromatic heterocycles. The van der Waals surface area contributed by atoms with Crippen molar-refractivity contribution in [3.05, 3.63) is 71.1 Å². The first-order valence-electron chi connectivity index (χ1n) is 7.11. The van der Waals surface area contributed by atoms with Gasteiger partial charge < -0.3 is 4.90 Å². The quantitative estimate of drug-likeness (QED) is 0.844. The third kappa shape index (κ3) is 2.52. The van der Waals surface area contributed by atoms with E-state index in [1.165, 1.54) is 27.8 Å². The lowest BCUT2D eigenvalue weighted by atomic mass is 9.82. The Balaban J connectivity index is 2.17. The summed E-state index contributed by atoms with van der Waals surface area (Å²) in [5.74, 6) is 0. The fraction of sp³-hybridized carbons (Fsp3) is 0.278. The van der Waals surface area contributed by atoms with E-state index >= 15 is 0 Å². The molecular weight excluding hydrogens is 244 g/mol. The number of likely N-dealkylation sites (N-methyl/N-ethyl adjacent to an activating group) is 1. The highest BCUT2D eigenvalue weighted by molar-refractivity contribution is 5.84. The van der Waals surface area contributed by atoms with E-state index in [4.69, 9.17) is 0 Å². The number of aromatic nitrogens is 1. The van der Waals surface area contributed by atoms with Gasteiger partial charge in [0, 0.05) is 24.5 Å². The molecule has 1 heterocycles. The maximum atomic E-state index is 4.30. The summed E-state index contributed by atoms with van der Waals surface area (Å²) in [5, 5.41) is 0. The van der Waals surface area contributed by atoms with E-state index in [0.29, 0.717) is 0 Å². The van der Waals surface area contributed by atoms with Crippen LogP contribution in [0.4, 0.5) is 0 Å². The zero-order chi connectivity index (χ0) is 13.9. The van der Waals surface area contributed by atoms with E-state index in [0.717, 1.165) is 19.4 Å². The molecule has 0 aliphatic heterocycles. The van der Waals surface area contributed by atoms with Crippen molar-refractivity contribution in [2.24, 2.45) is 0 Å². The summed E-state index contributed by atoms with van der Waals surface area (Å²) in [7, 11) is 4.27. The molecule has 0 atom stereocenters. The number of pyridine rings is 1. The molecule has 2 aromatic rings. The first-order chi connectivity index (χ1) is 9.75. The molecule has 0 fully saturated rings. The maximum Gasteiger partial charge on any atom is 0.0346 e. The average molecular weight is 264 g/mol. The minimum Gasteiger partial charge on any atom is -0.305 e. The summed E-state index contributed by atoms with van der Waals surface area (Å²) in [6.07, 6.45) is 6.10. The fourth-order valence-electron chi connectivity index (χ4n) is 2.99. The number of nitrogens with zero attached hydrogens (tertiary/aromatic N) is 2. The van der Waals surface area contributed by atoms with Crippen molar-refractivity contribution in [3.8, 4) is 0 Å². The van der Waals surface area contributed by atoms with Crippen LogP contribution in [0, 0.1) is 0 Å². The second-order valence-corrected chi connectivity index (χ2v) is 5.62. The van der Waals surface area contributed by atoms with Crippen LogP contribution in [0.2, 0.25) is 0 Å². The topological polar surface area (TPSA) is 16.1 Å². The molecule has 0 bridgehead atoms. The fourth-order valence-corrected chi connectivity index (χ4v) is 2.99. The van der Waals surface area contributed by atoms with Gasteiger partial charge in [0.1, 0.15) is 0 Å². The number of rotatable bonds is 3. The summed E-state index contributed by atoms with van der Waals surface area (Å²) in [6.45, 7) is 1.01. The van der Waals surface area contributed by atoms with Gasteiger partial charge in [-0.1, -0.05) is 30.3 Å². The van der Waals surface area contributed by atoms with Gasteiger partial charge in [-0.15, -0.1) is 0 Å². The predicted octanol–water partition coefficient (Wildman–Crippen LogP) is 3.39. The molecule has 2 nitrogen and oxygen atoms in total. The normalized spacial score (nSPS) is 14.6. The minimum atomic E-state index is 1.01. The van der Waals surface area contributed by atoms with E-state index in [1.54, 1.807) is 0 Å². The molecule has 102 valence electrons. The van der Waals surface area contributed by atoms with Gasteiger partial charge in [0.05, 0.1) is 0 Å². The summed E-state index contributed by atoms with van der Waals surface area (Å²) in [4.78, 5) is 6.55. The van der Waals surface area contributed by atoms with Crippen LogP contribution in [-0.4, -0.2) is 30.5 Å². The zero-order valence-corrected chi connectivity index (χ0v) is 12.1. The van der Waals surface area contributed by atoms with Gasteiger partial charge in [0.25, 0.3) is 0 Å². The Labute approximate surface area is 120 Å². The molecule has 1 aromatic carbocycles. The average Bonchev–Trinajstić information content (AvgIpc) is 2.47. The van der Waals surface area contributed by atoms with Crippen molar-refractivity contribution in [1.29, 1.82) is 0 Å². The SMILES string of the molecule is CN(C)CC1=C(c2cccnc2)c2ccccc2CC1. The standard InChI is InChI=1S/C18H20N2/c1-20(2)13-16-10-9-14-6-3-4-8-17(14)18(16)15-7-5-11-19-12-15/h3-8,11-12H,9-10,13H2,1-2H3. The second kappa shape index (κ2) is 5.59. The van der Waals surface area contributed by atoms with Crippen LogP contribution >= 0.6 is 0 Å². The molecule has 3 rings (SSSR count). The Hall–Kier alpha value is -1.93. The molecule has 0 unspecified atom stereocenters. The van der Waals surface area contributed by atoms with Gasteiger partial charge in [-0.05, 0) is 55.3 Å². The molecule has 1 aliphatic carbocycles. The number of benzene rings is 1. The lowest BCUT2D eigenvalue weighted by molar-refractivity contribution is 0.439. The number of aryl methyl sites for hydroxylation is 1. The lowest BCUT2D eigenvalue weighted by Crippen LogP contribution is -2.19. The highest BCUT2D eigenvalue weighted by Gasteiger charge is 2.20. The van der Waals surface area contributed by atoms with Crippen LogP contribution in [0.1, 0.15) is 23.1 Å². The molecular formula is C18H20N2. The molecule has 0 N–H and O–H groups in total. The van der Waals surface area contributed by atoms with Gasteiger partial charge in [-0.3, -0.25) is 4.98 Å². The maximum absolute atomic E-state index is 4.30. The van der Waals surface area contributed by atoms with Crippen molar-refractivity contribution in [3.63, 3.8) is 0 Å². The van der Waals surface area contributed by atoms with Crippen molar-refractivity contribution in [2.45, 2.75) is 12.8 Å². The molecule has 0 spiro atoms. The van der Waals surface area contributed by atoms with Crippen LogP contribution in [0.3, 0.4) is 0 Å². The molecule has 1 aliphatic rings. The van der Waals surface area contributed by atoms with Crippen molar-refractivity contribution in [1.82, 2.24) is 9.88 Å². The molecule has 2 heteroatoms. The van der Waals surface area contributed by atoms with E-state index < -0.39 is 0 Å². The Morgan fingerprint density at radius 2 is 1.90 bits per heavy atom. The third-order valence-corrected chi connectivity index (χ3v) is 3.79. The smallest absolute Gasteiger partial charge is 0.0346 e. The van der Waals surface area contributed by atoms with Gasteiger partial charge in [-0.2, -0.15) is 0 Å². The molecule has 0 amide bonds. The summed E-state index contributed by atoms with van der Waals surface area (Å²) >= 11 is 0. The van der Waals surface area contributed by atoms with E-state index in [9.17, 15) is 0 Å². The highest BCUT2D eigenvalue weighted by atomic mass is 15.0. The first-order valence-corrected chi connectivity index (χ1v) is 7.11. The Bertz CT molecular complexity index is 627. The van der Waals surface area contributed by atoms with Gasteiger partial charge in [0.2, 0.25) is 0 Å². The van der Waals surface area contributed by atoms with Crippen molar-refractivity contribution < 1.29 is 0 Å². The predicted molar refractivity (Wildman–Crippen MR) is 83.6 cm³/mol. The lowest BCUT2D eigenvalue weighted by Gasteiger charge is -2.25. The van der Waals surface area contributed by atoms with Crippen LogP contribution in [0.5, 0.6) is 0 Å². The number of hydrogen-bond acceptors (Lipinski definition) is 2. The number of fused-ring (bicyclic) bond motifs is 1. The van der Waals surface area contributed by atoms with Gasteiger partial charge in [-0.25, -0.2) is 0 Å². The summed E-state index contributed by atoms with van der Waals surface area (Å²) < 4.78 is 0. The summed E-state index contributed by atoms with van der Waals surface area (Å²) in [5.41, 5.74) is 6.96. The Morgan fingerprint density at radius 3 is 2.65 bits per heavy atom. The van der Waals surface area contributed by atoms with E-state index in [-0.39, 0.29) is 0 Å². The largest absolute Gasteiger partial charge is 0.305 e. The van der Waals surface area contributed by atoms with E-state index in [1.807, 2.05) is 18.5 Å². The molecule has 0 radical (unpaired) electrons. The van der Waals surface area contributed by atoms with Crippen molar-refractivity contribution >= 4 is 5.57 Å². The first kappa shape index (κ1) is 13.1. The monoisotopic (exact) mass is 264 g/mol. The molecule has 20 heavy (non-hydrogen) atoms. The number of hydrogen-bond donors (Lipinski definition) is 0. The van der Waals surface area contributed by atoms with Crippen LogP contribution in [0.25, 0.3) is 5.57 Å². The summed E-state index contributed by atoms with van der Waals surface area (Å²) in [6, 6.07) is 12.9. The molecule has 0 saturated carbocycles. The zero-order valence-electron chi connectivity index (χ0n) is 12.1.